The highest BCUT2D eigenvalue weighted by Gasteiger charge is 2.23. The Bertz CT molecular complexity index is 1130. The average Bonchev–Trinajstić information content (AvgIpc) is 2.81. The monoisotopic (exact) mass is 492 g/mol. The van der Waals surface area contributed by atoms with E-state index in [1.165, 1.54) is 6.07 Å². The number of benzene rings is 3. The third-order valence-electron chi connectivity index (χ3n) is 4.57. The average molecular weight is 493 g/mol. The summed E-state index contributed by atoms with van der Waals surface area (Å²) in [5.41, 5.74) is 1.64. The van der Waals surface area contributed by atoms with Gasteiger partial charge in [0, 0.05) is 11.6 Å². The number of carbonyl (C=O) groups excluding carboxylic acids is 2. The van der Waals surface area contributed by atoms with Gasteiger partial charge in [-0.2, -0.15) is 5.26 Å². The molecule has 1 amide bonds. The maximum atomic E-state index is 12.9. The predicted molar refractivity (Wildman–Crippen MR) is 123 cm³/mol. The minimum Gasteiger partial charge on any atom is -0.490 e. The molecule has 0 aromatic heterocycles. The molecule has 1 unspecified atom stereocenters. The zero-order chi connectivity index (χ0) is 22.9. The van der Waals surface area contributed by atoms with Crippen molar-refractivity contribution in [2.24, 2.45) is 0 Å². The van der Waals surface area contributed by atoms with E-state index in [1.54, 1.807) is 37.3 Å². The van der Waals surface area contributed by atoms with Crippen molar-refractivity contribution in [2.75, 3.05) is 6.61 Å². The van der Waals surface area contributed by atoms with E-state index >= 15 is 0 Å². The minimum atomic E-state index is -0.593. The highest BCUT2D eigenvalue weighted by molar-refractivity contribution is 9.10. The molecule has 0 bridgehead atoms. The molecule has 1 atom stereocenters. The van der Waals surface area contributed by atoms with Crippen molar-refractivity contribution < 1.29 is 19.1 Å². The quantitative estimate of drug-likeness (QED) is 0.345. The predicted octanol–water partition coefficient (Wildman–Crippen LogP) is 5.19. The van der Waals surface area contributed by atoms with Crippen LogP contribution in [0.2, 0.25) is 0 Å². The molecule has 0 fully saturated rings. The molecule has 0 radical (unpaired) electrons. The molecule has 162 valence electrons. The van der Waals surface area contributed by atoms with E-state index in [0.29, 0.717) is 22.2 Å². The van der Waals surface area contributed by atoms with E-state index in [9.17, 15) is 14.9 Å². The van der Waals surface area contributed by atoms with E-state index in [-0.39, 0.29) is 23.8 Å². The van der Waals surface area contributed by atoms with Crippen LogP contribution < -0.4 is 14.8 Å². The third kappa shape index (κ3) is 5.96. The summed E-state index contributed by atoms with van der Waals surface area (Å²) in [6.07, 6.45) is -0.0966. The Balaban J connectivity index is 1.82. The summed E-state index contributed by atoms with van der Waals surface area (Å²) >= 11 is 3.34. The molecule has 3 rings (SSSR count). The lowest BCUT2D eigenvalue weighted by molar-refractivity contribution is -0.135. The van der Waals surface area contributed by atoms with Crippen LogP contribution in [0.4, 0.5) is 0 Å². The fraction of sp³-hybridized carbons (Fsp3) is 0.160. The van der Waals surface area contributed by atoms with E-state index < -0.39 is 12.0 Å². The molecular weight excluding hydrogens is 472 g/mol. The van der Waals surface area contributed by atoms with Crippen LogP contribution in [-0.4, -0.2) is 18.5 Å². The summed E-state index contributed by atoms with van der Waals surface area (Å²) in [7, 11) is 0. The van der Waals surface area contributed by atoms with Crippen LogP contribution in [-0.2, 0) is 4.79 Å². The van der Waals surface area contributed by atoms with Gasteiger partial charge in [0.05, 0.1) is 35.2 Å². The molecule has 0 aliphatic rings. The standard InChI is InChI=1S/C25H21BrN2O4/c1-2-31-22-14-17(16-27)13-20(26)24(22)32-23(29)15-21(18-9-5-3-6-10-18)28-25(30)19-11-7-4-8-12-19/h3-14,21H,2,15H2,1H3,(H,28,30). The number of halogens is 1. The molecule has 7 heteroatoms. The molecule has 0 spiro atoms. The summed E-state index contributed by atoms with van der Waals surface area (Å²) in [5.74, 6) is -0.367. The second-order valence-corrected chi connectivity index (χ2v) is 7.67. The van der Waals surface area contributed by atoms with Crippen LogP contribution in [0.15, 0.2) is 77.3 Å². The summed E-state index contributed by atoms with van der Waals surface area (Å²) in [6, 6.07) is 22.5. The van der Waals surface area contributed by atoms with Gasteiger partial charge in [0.15, 0.2) is 11.5 Å². The Morgan fingerprint density at radius 2 is 1.72 bits per heavy atom. The van der Waals surface area contributed by atoms with Gasteiger partial charge >= 0.3 is 5.97 Å². The number of hydrogen-bond acceptors (Lipinski definition) is 5. The molecule has 3 aromatic carbocycles. The number of nitrogens with zero attached hydrogens (tertiary/aromatic N) is 1. The van der Waals surface area contributed by atoms with Crippen molar-refractivity contribution >= 4 is 27.8 Å². The van der Waals surface area contributed by atoms with Crippen LogP contribution in [0.3, 0.4) is 0 Å². The first kappa shape index (κ1) is 23.0. The molecule has 0 aliphatic heterocycles. The van der Waals surface area contributed by atoms with Gasteiger partial charge in [-0.15, -0.1) is 0 Å². The zero-order valence-corrected chi connectivity index (χ0v) is 19.0. The summed E-state index contributed by atoms with van der Waals surface area (Å²) in [4.78, 5) is 25.6. The summed E-state index contributed by atoms with van der Waals surface area (Å²) < 4.78 is 11.6. The lowest BCUT2D eigenvalue weighted by Crippen LogP contribution is -2.31. The number of hydrogen-bond donors (Lipinski definition) is 1. The second kappa shape index (κ2) is 11.1. The van der Waals surface area contributed by atoms with Crippen molar-refractivity contribution in [3.8, 4) is 17.6 Å². The molecular formula is C25H21BrN2O4. The first-order valence-corrected chi connectivity index (χ1v) is 10.8. The number of amides is 1. The number of nitrogens with one attached hydrogen (secondary N) is 1. The van der Waals surface area contributed by atoms with E-state index in [1.807, 2.05) is 42.5 Å². The Morgan fingerprint density at radius 3 is 2.34 bits per heavy atom. The summed E-state index contributed by atoms with van der Waals surface area (Å²) in [5, 5.41) is 12.1. The van der Waals surface area contributed by atoms with Gasteiger partial charge in [0.25, 0.3) is 5.91 Å². The smallest absolute Gasteiger partial charge is 0.313 e. The highest BCUT2D eigenvalue weighted by atomic mass is 79.9. The number of carbonyl (C=O) groups is 2. The van der Waals surface area contributed by atoms with E-state index in [4.69, 9.17) is 9.47 Å². The first-order chi connectivity index (χ1) is 15.5. The van der Waals surface area contributed by atoms with Crippen molar-refractivity contribution in [1.29, 1.82) is 5.26 Å². The van der Waals surface area contributed by atoms with Gasteiger partial charge in [0.1, 0.15) is 0 Å². The molecule has 6 nitrogen and oxygen atoms in total. The van der Waals surface area contributed by atoms with Gasteiger partial charge in [-0.3, -0.25) is 9.59 Å². The van der Waals surface area contributed by atoms with Crippen LogP contribution in [0.25, 0.3) is 0 Å². The van der Waals surface area contributed by atoms with Gasteiger partial charge in [-0.25, -0.2) is 0 Å². The Labute approximate surface area is 194 Å². The number of rotatable bonds is 8. The Morgan fingerprint density at radius 1 is 1.06 bits per heavy atom. The van der Waals surface area contributed by atoms with Crippen LogP contribution in [0.5, 0.6) is 11.5 Å². The van der Waals surface area contributed by atoms with Gasteiger partial charge in [-0.1, -0.05) is 48.5 Å². The molecule has 3 aromatic rings. The third-order valence-corrected chi connectivity index (χ3v) is 5.16. The summed E-state index contributed by atoms with van der Waals surface area (Å²) in [6.45, 7) is 2.13. The number of nitriles is 1. The molecule has 0 saturated carbocycles. The Hall–Kier alpha value is -3.63. The topological polar surface area (TPSA) is 88.4 Å². The second-order valence-electron chi connectivity index (χ2n) is 6.81. The zero-order valence-electron chi connectivity index (χ0n) is 17.4. The molecule has 32 heavy (non-hydrogen) atoms. The lowest BCUT2D eigenvalue weighted by Gasteiger charge is -2.19. The SMILES string of the molecule is CCOc1cc(C#N)cc(Br)c1OC(=O)CC(NC(=O)c1ccccc1)c1ccccc1. The Kier molecular flexibility index (Phi) is 8.01. The number of ether oxygens (including phenoxy) is 2. The molecule has 0 aliphatic carbocycles. The van der Waals surface area contributed by atoms with Crippen molar-refractivity contribution in [3.05, 3.63) is 94.0 Å². The van der Waals surface area contributed by atoms with Crippen molar-refractivity contribution in [1.82, 2.24) is 5.32 Å². The van der Waals surface area contributed by atoms with Gasteiger partial charge < -0.3 is 14.8 Å². The molecule has 1 N–H and O–H groups in total. The maximum absolute atomic E-state index is 12.9. The maximum Gasteiger partial charge on any atom is 0.313 e. The van der Waals surface area contributed by atoms with E-state index in [2.05, 4.69) is 21.2 Å². The van der Waals surface area contributed by atoms with Crippen LogP contribution in [0, 0.1) is 11.3 Å². The van der Waals surface area contributed by atoms with Crippen LogP contribution in [0.1, 0.15) is 40.9 Å². The largest absolute Gasteiger partial charge is 0.490 e. The fourth-order valence-corrected chi connectivity index (χ4v) is 3.61. The fourth-order valence-electron chi connectivity index (χ4n) is 3.09. The van der Waals surface area contributed by atoms with Crippen LogP contribution >= 0.6 is 15.9 Å². The van der Waals surface area contributed by atoms with Crippen molar-refractivity contribution in [2.45, 2.75) is 19.4 Å². The molecule has 0 saturated heterocycles. The molecule has 0 heterocycles. The van der Waals surface area contributed by atoms with Crippen molar-refractivity contribution in [3.63, 3.8) is 0 Å². The minimum absolute atomic E-state index is 0.0966. The normalized spacial score (nSPS) is 11.2. The lowest BCUT2D eigenvalue weighted by atomic mass is 10.0. The van der Waals surface area contributed by atoms with E-state index in [0.717, 1.165) is 5.56 Å². The highest BCUT2D eigenvalue weighted by Crippen LogP contribution is 2.37. The van der Waals surface area contributed by atoms with Gasteiger partial charge in [-0.05, 0) is 46.6 Å². The first-order valence-electron chi connectivity index (χ1n) is 9.99. The number of esters is 1. The van der Waals surface area contributed by atoms with Gasteiger partial charge in [0.2, 0.25) is 0 Å².